The van der Waals surface area contributed by atoms with E-state index in [1.54, 1.807) is 25.3 Å². The van der Waals surface area contributed by atoms with Gasteiger partial charge < -0.3 is 10.1 Å². The van der Waals surface area contributed by atoms with Crippen LogP contribution in [0.25, 0.3) is 0 Å². The molecular formula is C12H11Cl2N3O. The van der Waals surface area contributed by atoms with Crippen molar-refractivity contribution in [3.05, 3.63) is 46.3 Å². The molecule has 18 heavy (non-hydrogen) atoms. The third-order valence-electron chi connectivity index (χ3n) is 2.13. The number of nitrogens with one attached hydrogen (secondary N) is 1. The Morgan fingerprint density at radius 1 is 1.17 bits per heavy atom. The minimum absolute atomic E-state index is 0.315. The highest BCUT2D eigenvalue weighted by Crippen LogP contribution is 2.19. The first-order valence-electron chi connectivity index (χ1n) is 5.22. The van der Waals surface area contributed by atoms with Gasteiger partial charge >= 0.3 is 0 Å². The molecule has 2 aromatic rings. The normalized spacial score (nSPS) is 10.4. The standard InChI is InChI=1S/C12H11Cl2N3O/c1-18-7-12-16-10(14)6-11(17-12)15-9-4-2-8(13)3-5-9/h2-6H,7H2,1H3,(H,15,16,17). The lowest BCUT2D eigenvalue weighted by Gasteiger charge is -2.07. The van der Waals surface area contributed by atoms with Gasteiger partial charge in [0, 0.05) is 23.9 Å². The van der Waals surface area contributed by atoms with Crippen LogP contribution in [0, 0.1) is 0 Å². The molecule has 0 saturated carbocycles. The second-order valence-electron chi connectivity index (χ2n) is 3.56. The van der Waals surface area contributed by atoms with E-state index in [1.165, 1.54) is 0 Å². The monoisotopic (exact) mass is 283 g/mol. The van der Waals surface area contributed by atoms with Gasteiger partial charge in [-0.25, -0.2) is 9.97 Å². The van der Waals surface area contributed by atoms with Crippen LogP contribution >= 0.6 is 23.2 Å². The number of halogens is 2. The summed E-state index contributed by atoms with van der Waals surface area (Å²) in [5.41, 5.74) is 0.873. The highest BCUT2D eigenvalue weighted by molar-refractivity contribution is 6.30. The van der Waals surface area contributed by atoms with Gasteiger partial charge in [-0.3, -0.25) is 0 Å². The number of benzene rings is 1. The number of methoxy groups -OCH3 is 1. The molecule has 94 valence electrons. The van der Waals surface area contributed by atoms with Crippen LogP contribution in [0.1, 0.15) is 5.82 Å². The van der Waals surface area contributed by atoms with Crippen molar-refractivity contribution in [2.45, 2.75) is 6.61 Å². The highest BCUT2D eigenvalue weighted by Gasteiger charge is 2.03. The Hall–Kier alpha value is -1.36. The molecule has 0 radical (unpaired) electrons. The van der Waals surface area contributed by atoms with E-state index in [4.69, 9.17) is 27.9 Å². The van der Waals surface area contributed by atoms with Gasteiger partial charge in [-0.05, 0) is 24.3 Å². The summed E-state index contributed by atoms with van der Waals surface area (Å²) in [6.45, 7) is 0.315. The van der Waals surface area contributed by atoms with Crippen molar-refractivity contribution in [3.63, 3.8) is 0 Å². The molecule has 0 spiro atoms. The maximum Gasteiger partial charge on any atom is 0.158 e. The summed E-state index contributed by atoms with van der Waals surface area (Å²) in [5, 5.41) is 4.17. The number of aromatic nitrogens is 2. The van der Waals surface area contributed by atoms with Crippen molar-refractivity contribution >= 4 is 34.7 Å². The number of ether oxygens (including phenoxy) is 1. The summed E-state index contributed by atoms with van der Waals surface area (Å²) < 4.78 is 4.97. The molecule has 0 bridgehead atoms. The Balaban J connectivity index is 2.20. The van der Waals surface area contributed by atoms with E-state index in [0.29, 0.717) is 28.4 Å². The van der Waals surface area contributed by atoms with Gasteiger partial charge in [0.25, 0.3) is 0 Å². The molecule has 6 heteroatoms. The van der Waals surface area contributed by atoms with Gasteiger partial charge in [0.2, 0.25) is 0 Å². The molecule has 0 aliphatic rings. The second kappa shape index (κ2) is 6.00. The zero-order valence-corrected chi connectivity index (χ0v) is 11.2. The van der Waals surface area contributed by atoms with Gasteiger partial charge in [0.05, 0.1) is 0 Å². The summed E-state index contributed by atoms with van der Waals surface area (Å²) >= 11 is 11.7. The van der Waals surface area contributed by atoms with Crippen molar-refractivity contribution < 1.29 is 4.74 Å². The number of nitrogens with zero attached hydrogens (tertiary/aromatic N) is 2. The lowest BCUT2D eigenvalue weighted by molar-refractivity contribution is 0.178. The van der Waals surface area contributed by atoms with E-state index >= 15 is 0 Å². The molecule has 0 amide bonds. The minimum atomic E-state index is 0.315. The molecule has 4 nitrogen and oxygen atoms in total. The third-order valence-corrected chi connectivity index (χ3v) is 2.58. The van der Waals surface area contributed by atoms with Crippen molar-refractivity contribution in [1.29, 1.82) is 0 Å². The van der Waals surface area contributed by atoms with Crippen LogP contribution in [0.4, 0.5) is 11.5 Å². The molecule has 0 aliphatic heterocycles. The first-order chi connectivity index (χ1) is 8.67. The summed E-state index contributed by atoms with van der Waals surface area (Å²) in [4.78, 5) is 8.32. The minimum Gasteiger partial charge on any atom is -0.377 e. The van der Waals surface area contributed by atoms with E-state index in [9.17, 15) is 0 Å². The van der Waals surface area contributed by atoms with Crippen molar-refractivity contribution in [1.82, 2.24) is 9.97 Å². The highest BCUT2D eigenvalue weighted by atomic mass is 35.5. The topological polar surface area (TPSA) is 47.0 Å². The Kier molecular flexibility index (Phi) is 4.36. The molecule has 1 heterocycles. The Labute approximate surface area is 115 Å². The van der Waals surface area contributed by atoms with Crippen LogP contribution in [-0.4, -0.2) is 17.1 Å². The maximum absolute atomic E-state index is 5.91. The number of anilines is 2. The number of rotatable bonds is 4. The maximum atomic E-state index is 5.91. The molecule has 1 aromatic heterocycles. The molecule has 0 aliphatic carbocycles. The predicted molar refractivity (Wildman–Crippen MR) is 72.5 cm³/mol. The quantitative estimate of drug-likeness (QED) is 0.870. The molecule has 1 aromatic carbocycles. The zero-order valence-electron chi connectivity index (χ0n) is 9.65. The van der Waals surface area contributed by atoms with E-state index in [0.717, 1.165) is 5.69 Å². The van der Waals surface area contributed by atoms with Crippen molar-refractivity contribution in [3.8, 4) is 0 Å². The molecule has 0 atom stereocenters. The van der Waals surface area contributed by atoms with Crippen LogP contribution in [0.2, 0.25) is 10.2 Å². The smallest absolute Gasteiger partial charge is 0.158 e. The lowest BCUT2D eigenvalue weighted by Crippen LogP contribution is -2.01. The first kappa shape index (κ1) is 13.1. The Morgan fingerprint density at radius 3 is 2.56 bits per heavy atom. The summed E-state index contributed by atoms with van der Waals surface area (Å²) in [6, 6.07) is 8.95. The van der Waals surface area contributed by atoms with E-state index < -0.39 is 0 Å². The average molecular weight is 284 g/mol. The SMILES string of the molecule is COCc1nc(Cl)cc(Nc2ccc(Cl)cc2)n1. The molecule has 2 rings (SSSR count). The molecule has 0 saturated heterocycles. The van der Waals surface area contributed by atoms with Gasteiger partial charge in [-0.15, -0.1) is 0 Å². The van der Waals surface area contributed by atoms with E-state index in [2.05, 4.69) is 15.3 Å². The van der Waals surface area contributed by atoms with Crippen LogP contribution < -0.4 is 5.32 Å². The third kappa shape index (κ3) is 3.57. The van der Waals surface area contributed by atoms with Crippen molar-refractivity contribution in [2.24, 2.45) is 0 Å². The Bertz CT molecular complexity index is 531. The Morgan fingerprint density at radius 2 is 1.89 bits per heavy atom. The summed E-state index contributed by atoms with van der Waals surface area (Å²) in [6.07, 6.45) is 0. The largest absolute Gasteiger partial charge is 0.377 e. The lowest BCUT2D eigenvalue weighted by atomic mass is 10.3. The fraction of sp³-hybridized carbons (Fsp3) is 0.167. The van der Waals surface area contributed by atoms with E-state index in [1.807, 2.05) is 12.1 Å². The zero-order chi connectivity index (χ0) is 13.0. The number of hydrogen-bond donors (Lipinski definition) is 1. The van der Waals surface area contributed by atoms with Gasteiger partial charge in [-0.1, -0.05) is 23.2 Å². The van der Waals surface area contributed by atoms with Gasteiger partial charge in [0.15, 0.2) is 5.82 Å². The van der Waals surface area contributed by atoms with Crippen LogP contribution in [0.15, 0.2) is 30.3 Å². The second-order valence-corrected chi connectivity index (χ2v) is 4.38. The predicted octanol–water partition coefficient (Wildman–Crippen LogP) is 3.67. The van der Waals surface area contributed by atoms with Crippen LogP contribution in [0.3, 0.4) is 0 Å². The average Bonchev–Trinajstić information content (AvgIpc) is 2.32. The number of hydrogen-bond acceptors (Lipinski definition) is 4. The van der Waals surface area contributed by atoms with Gasteiger partial charge in [-0.2, -0.15) is 0 Å². The van der Waals surface area contributed by atoms with Crippen LogP contribution in [-0.2, 0) is 11.3 Å². The first-order valence-corrected chi connectivity index (χ1v) is 5.98. The van der Waals surface area contributed by atoms with Gasteiger partial charge in [0.1, 0.15) is 17.6 Å². The molecule has 0 unspecified atom stereocenters. The fourth-order valence-electron chi connectivity index (χ4n) is 1.40. The molecule has 0 fully saturated rings. The summed E-state index contributed by atoms with van der Waals surface area (Å²) in [7, 11) is 1.58. The van der Waals surface area contributed by atoms with E-state index in [-0.39, 0.29) is 0 Å². The molecular weight excluding hydrogens is 273 g/mol. The molecule has 1 N–H and O–H groups in total. The van der Waals surface area contributed by atoms with Crippen LogP contribution in [0.5, 0.6) is 0 Å². The fourth-order valence-corrected chi connectivity index (χ4v) is 1.73. The summed E-state index contributed by atoms with van der Waals surface area (Å²) in [5.74, 6) is 1.14. The van der Waals surface area contributed by atoms with Crippen molar-refractivity contribution in [2.75, 3.05) is 12.4 Å².